The Kier molecular flexibility index (Phi) is 6.50. The van der Waals surface area contributed by atoms with Crippen molar-refractivity contribution in [1.82, 2.24) is 10.3 Å². The standard InChI is InChI=1S/C18H31N3/c1-4-10-19-13-16-12-18(9-11-20-16)21(14-15(2)3)17-7-5-6-8-17/h9,11-12,15,17,19H,4-8,10,13-14H2,1-3H3. The molecule has 0 atom stereocenters. The minimum atomic E-state index is 0.695. The maximum absolute atomic E-state index is 4.51. The first-order valence-electron chi connectivity index (χ1n) is 8.63. The van der Waals surface area contributed by atoms with Crippen molar-refractivity contribution < 1.29 is 0 Å². The first kappa shape index (κ1) is 16.3. The van der Waals surface area contributed by atoms with Gasteiger partial charge in [-0.15, -0.1) is 0 Å². The zero-order valence-electron chi connectivity index (χ0n) is 13.9. The first-order valence-corrected chi connectivity index (χ1v) is 8.63. The van der Waals surface area contributed by atoms with Gasteiger partial charge in [0.15, 0.2) is 0 Å². The summed E-state index contributed by atoms with van der Waals surface area (Å²) < 4.78 is 0. The normalized spacial score (nSPS) is 15.8. The van der Waals surface area contributed by atoms with Crippen LogP contribution in [0.2, 0.25) is 0 Å². The number of hydrogen-bond donors (Lipinski definition) is 1. The molecule has 3 nitrogen and oxygen atoms in total. The van der Waals surface area contributed by atoms with E-state index in [4.69, 9.17) is 0 Å². The van der Waals surface area contributed by atoms with Crippen LogP contribution in [0.25, 0.3) is 0 Å². The molecular formula is C18H31N3. The van der Waals surface area contributed by atoms with E-state index < -0.39 is 0 Å². The summed E-state index contributed by atoms with van der Waals surface area (Å²) in [7, 11) is 0. The molecule has 21 heavy (non-hydrogen) atoms. The molecule has 1 aliphatic carbocycles. The molecule has 1 heterocycles. The van der Waals surface area contributed by atoms with E-state index in [-0.39, 0.29) is 0 Å². The summed E-state index contributed by atoms with van der Waals surface area (Å²) in [5.74, 6) is 0.695. The Morgan fingerprint density at radius 3 is 2.76 bits per heavy atom. The monoisotopic (exact) mass is 289 g/mol. The SMILES string of the molecule is CCCNCc1cc(N(CC(C)C)C2CCCC2)ccn1. The molecule has 1 aromatic rings. The quantitative estimate of drug-likeness (QED) is 0.734. The number of aromatic nitrogens is 1. The highest BCUT2D eigenvalue weighted by Gasteiger charge is 2.23. The van der Waals surface area contributed by atoms with Crippen molar-refractivity contribution in [3.8, 4) is 0 Å². The predicted molar refractivity (Wildman–Crippen MR) is 90.7 cm³/mol. The minimum Gasteiger partial charge on any atom is -0.368 e. The second-order valence-electron chi connectivity index (χ2n) is 6.67. The Bertz CT molecular complexity index is 411. The summed E-state index contributed by atoms with van der Waals surface area (Å²) in [6, 6.07) is 5.19. The van der Waals surface area contributed by atoms with Crippen molar-refractivity contribution in [3.63, 3.8) is 0 Å². The molecule has 0 aromatic carbocycles. The summed E-state index contributed by atoms with van der Waals surface area (Å²) in [4.78, 5) is 7.14. The fourth-order valence-electron chi connectivity index (χ4n) is 3.21. The van der Waals surface area contributed by atoms with Crippen LogP contribution in [-0.2, 0) is 6.54 Å². The molecule has 0 saturated heterocycles. The lowest BCUT2D eigenvalue weighted by Gasteiger charge is -2.33. The van der Waals surface area contributed by atoms with Crippen molar-refractivity contribution in [3.05, 3.63) is 24.0 Å². The minimum absolute atomic E-state index is 0.695. The van der Waals surface area contributed by atoms with Gasteiger partial charge in [-0.2, -0.15) is 0 Å². The molecule has 0 aliphatic heterocycles. The van der Waals surface area contributed by atoms with Crippen molar-refractivity contribution in [2.24, 2.45) is 5.92 Å². The highest BCUT2D eigenvalue weighted by Crippen LogP contribution is 2.29. The summed E-state index contributed by atoms with van der Waals surface area (Å²) >= 11 is 0. The van der Waals surface area contributed by atoms with Crippen LogP contribution in [0.5, 0.6) is 0 Å². The third kappa shape index (κ3) is 4.99. The van der Waals surface area contributed by atoms with Crippen molar-refractivity contribution in [2.75, 3.05) is 18.0 Å². The summed E-state index contributed by atoms with van der Waals surface area (Å²) in [6.45, 7) is 9.91. The Labute approximate surface area is 130 Å². The molecule has 1 N–H and O–H groups in total. The molecule has 0 radical (unpaired) electrons. The largest absolute Gasteiger partial charge is 0.368 e. The van der Waals surface area contributed by atoms with E-state index in [1.165, 1.54) is 37.8 Å². The van der Waals surface area contributed by atoms with E-state index in [0.717, 1.165) is 31.4 Å². The molecule has 0 spiro atoms. The van der Waals surface area contributed by atoms with Gasteiger partial charge in [-0.05, 0) is 43.9 Å². The highest BCUT2D eigenvalue weighted by molar-refractivity contribution is 5.48. The Morgan fingerprint density at radius 1 is 1.33 bits per heavy atom. The average Bonchev–Trinajstić information content (AvgIpc) is 2.99. The summed E-state index contributed by atoms with van der Waals surface area (Å²) in [5.41, 5.74) is 2.52. The van der Waals surface area contributed by atoms with E-state index in [1.807, 2.05) is 6.20 Å². The molecule has 0 amide bonds. The van der Waals surface area contributed by atoms with Crippen LogP contribution >= 0.6 is 0 Å². The van der Waals surface area contributed by atoms with Gasteiger partial charge in [0.25, 0.3) is 0 Å². The fourth-order valence-corrected chi connectivity index (χ4v) is 3.21. The third-order valence-electron chi connectivity index (χ3n) is 4.19. The topological polar surface area (TPSA) is 28.2 Å². The number of pyridine rings is 1. The highest BCUT2D eigenvalue weighted by atomic mass is 15.2. The molecule has 0 bridgehead atoms. The molecule has 1 aromatic heterocycles. The lowest BCUT2D eigenvalue weighted by Crippen LogP contribution is -2.36. The second kappa shape index (κ2) is 8.38. The van der Waals surface area contributed by atoms with Gasteiger partial charge < -0.3 is 10.2 Å². The smallest absolute Gasteiger partial charge is 0.0562 e. The molecule has 2 rings (SSSR count). The van der Waals surface area contributed by atoms with Crippen LogP contribution in [-0.4, -0.2) is 24.1 Å². The average molecular weight is 289 g/mol. The van der Waals surface area contributed by atoms with Gasteiger partial charge in [-0.25, -0.2) is 0 Å². The van der Waals surface area contributed by atoms with Gasteiger partial charge in [0.05, 0.1) is 5.69 Å². The van der Waals surface area contributed by atoms with Crippen LogP contribution in [0, 0.1) is 5.92 Å². The van der Waals surface area contributed by atoms with E-state index in [2.05, 4.69) is 48.1 Å². The van der Waals surface area contributed by atoms with Crippen LogP contribution in [0.15, 0.2) is 18.3 Å². The maximum atomic E-state index is 4.51. The van der Waals surface area contributed by atoms with Gasteiger partial charge >= 0.3 is 0 Å². The van der Waals surface area contributed by atoms with E-state index >= 15 is 0 Å². The molecule has 1 fully saturated rings. The Morgan fingerprint density at radius 2 is 2.10 bits per heavy atom. The Balaban J connectivity index is 2.08. The van der Waals surface area contributed by atoms with E-state index in [1.54, 1.807) is 0 Å². The number of nitrogens with zero attached hydrogens (tertiary/aromatic N) is 2. The van der Waals surface area contributed by atoms with Gasteiger partial charge in [0.1, 0.15) is 0 Å². The maximum Gasteiger partial charge on any atom is 0.0562 e. The van der Waals surface area contributed by atoms with Crippen LogP contribution in [0.4, 0.5) is 5.69 Å². The third-order valence-corrected chi connectivity index (χ3v) is 4.19. The van der Waals surface area contributed by atoms with Gasteiger partial charge in [0, 0.05) is 31.0 Å². The molecule has 3 heteroatoms. The van der Waals surface area contributed by atoms with Crippen LogP contribution in [0.3, 0.4) is 0 Å². The van der Waals surface area contributed by atoms with Gasteiger partial charge in [-0.1, -0.05) is 33.6 Å². The number of rotatable bonds is 8. The van der Waals surface area contributed by atoms with Crippen LogP contribution in [0.1, 0.15) is 58.6 Å². The lowest BCUT2D eigenvalue weighted by atomic mass is 10.1. The molecule has 1 saturated carbocycles. The van der Waals surface area contributed by atoms with E-state index in [0.29, 0.717) is 5.92 Å². The molecule has 1 aliphatic rings. The second-order valence-corrected chi connectivity index (χ2v) is 6.67. The first-order chi connectivity index (χ1) is 10.2. The Hall–Kier alpha value is -1.09. The van der Waals surface area contributed by atoms with E-state index in [9.17, 15) is 0 Å². The molecule has 118 valence electrons. The lowest BCUT2D eigenvalue weighted by molar-refractivity contribution is 0.535. The van der Waals surface area contributed by atoms with Crippen molar-refractivity contribution in [2.45, 2.75) is 65.5 Å². The number of hydrogen-bond acceptors (Lipinski definition) is 3. The van der Waals surface area contributed by atoms with Crippen LogP contribution < -0.4 is 10.2 Å². The predicted octanol–water partition coefficient (Wildman–Crippen LogP) is 3.99. The summed E-state index contributed by atoms with van der Waals surface area (Å²) in [6.07, 6.45) is 8.60. The fraction of sp³-hybridized carbons (Fsp3) is 0.722. The number of nitrogens with one attached hydrogen (secondary N) is 1. The van der Waals surface area contributed by atoms with Crippen molar-refractivity contribution >= 4 is 5.69 Å². The molecule has 0 unspecified atom stereocenters. The summed E-state index contributed by atoms with van der Waals surface area (Å²) in [5, 5.41) is 3.45. The van der Waals surface area contributed by atoms with Gasteiger partial charge in [-0.3, -0.25) is 4.98 Å². The molecular weight excluding hydrogens is 258 g/mol. The zero-order chi connectivity index (χ0) is 15.1. The number of anilines is 1. The van der Waals surface area contributed by atoms with Gasteiger partial charge in [0.2, 0.25) is 0 Å². The van der Waals surface area contributed by atoms with Crippen molar-refractivity contribution in [1.29, 1.82) is 0 Å². The zero-order valence-corrected chi connectivity index (χ0v) is 13.9.